The summed E-state index contributed by atoms with van der Waals surface area (Å²) in [6, 6.07) is 17.6. The van der Waals surface area contributed by atoms with E-state index in [1.54, 1.807) is 38.1 Å². The summed E-state index contributed by atoms with van der Waals surface area (Å²) in [4.78, 5) is 4.42. The maximum Gasteiger partial charge on any atom is 0.226 e. The molecule has 6 rings (SSSR count). The first-order chi connectivity index (χ1) is 17.6. The summed E-state index contributed by atoms with van der Waals surface area (Å²) in [7, 11) is 4.72. The molecule has 36 heavy (non-hydrogen) atoms. The SMILES string of the molecule is COc1cc([C@@H]2Oc3ccccc3C3=C2[C@H](c2ccc(F)cc2)n2ncnc2N3)cc(OC)c1OC. The number of para-hydroxylation sites is 1. The van der Waals surface area contributed by atoms with Gasteiger partial charge in [0, 0.05) is 16.7 Å². The van der Waals surface area contributed by atoms with E-state index in [1.165, 1.54) is 18.5 Å². The molecule has 0 saturated heterocycles. The molecule has 3 aromatic carbocycles. The van der Waals surface area contributed by atoms with Crippen LogP contribution in [0.4, 0.5) is 10.3 Å². The monoisotopic (exact) mass is 486 g/mol. The van der Waals surface area contributed by atoms with Gasteiger partial charge in [0.15, 0.2) is 11.5 Å². The highest BCUT2D eigenvalue weighted by atomic mass is 19.1. The minimum absolute atomic E-state index is 0.313. The second-order valence-corrected chi connectivity index (χ2v) is 8.39. The van der Waals surface area contributed by atoms with Crippen LogP contribution in [-0.2, 0) is 0 Å². The van der Waals surface area contributed by atoms with Crippen molar-refractivity contribution in [1.29, 1.82) is 0 Å². The number of benzene rings is 3. The van der Waals surface area contributed by atoms with Gasteiger partial charge in [-0.25, -0.2) is 9.07 Å². The van der Waals surface area contributed by atoms with Crippen LogP contribution in [0.2, 0.25) is 0 Å². The van der Waals surface area contributed by atoms with Crippen LogP contribution in [0.15, 0.2) is 72.6 Å². The molecular weight excluding hydrogens is 463 g/mol. The number of halogens is 1. The molecule has 0 spiro atoms. The average molecular weight is 487 g/mol. The second-order valence-electron chi connectivity index (χ2n) is 8.39. The van der Waals surface area contributed by atoms with Gasteiger partial charge in [0.05, 0.1) is 27.0 Å². The maximum absolute atomic E-state index is 13.9. The predicted octanol–water partition coefficient (Wildman–Crippen LogP) is 5.00. The summed E-state index contributed by atoms with van der Waals surface area (Å²) in [5.74, 6) is 2.51. The van der Waals surface area contributed by atoms with Gasteiger partial charge in [-0.05, 0) is 42.0 Å². The summed E-state index contributed by atoms with van der Waals surface area (Å²) in [6.07, 6.45) is 0.946. The molecule has 0 radical (unpaired) electrons. The minimum atomic E-state index is -0.552. The van der Waals surface area contributed by atoms with Crippen LogP contribution in [0, 0.1) is 5.82 Å². The van der Waals surface area contributed by atoms with Crippen LogP contribution in [0.1, 0.15) is 28.8 Å². The number of rotatable bonds is 5. The smallest absolute Gasteiger partial charge is 0.226 e. The van der Waals surface area contributed by atoms with Gasteiger partial charge >= 0.3 is 0 Å². The van der Waals surface area contributed by atoms with E-state index in [0.717, 1.165) is 28.0 Å². The van der Waals surface area contributed by atoms with Gasteiger partial charge in [0.25, 0.3) is 0 Å². The normalized spacial score (nSPS) is 17.8. The molecule has 8 nitrogen and oxygen atoms in total. The van der Waals surface area contributed by atoms with Crippen LogP contribution in [0.5, 0.6) is 23.0 Å². The Hall–Kier alpha value is -4.53. The fourth-order valence-electron chi connectivity index (χ4n) is 4.91. The van der Waals surface area contributed by atoms with E-state index in [1.807, 2.05) is 36.4 Å². The number of fused-ring (bicyclic) bond motifs is 3. The predicted molar refractivity (Wildman–Crippen MR) is 131 cm³/mol. The quantitative estimate of drug-likeness (QED) is 0.425. The first-order valence-corrected chi connectivity index (χ1v) is 11.3. The molecule has 0 bridgehead atoms. The van der Waals surface area contributed by atoms with E-state index in [0.29, 0.717) is 28.9 Å². The third kappa shape index (κ3) is 3.35. The Balaban J connectivity index is 1.62. The van der Waals surface area contributed by atoms with Gasteiger partial charge in [-0.2, -0.15) is 10.1 Å². The summed E-state index contributed by atoms with van der Waals surface area (Å²) in [5.41, 5.74) is 4.30. The molecule has 0 amide bonds. The van der Waals surface area contributed by atoms with Crippen molar-refractivity contribution in [2.75, 3.05) is 26.6 Å². The maximum atomic E-state index is 13.9. The third-order valence-electron chi connectivity index (χ3n) is 6.50. The summed E-state index contributed by atoms with van der Waals surface area (Å²) < 4.78 is 39.1. The highest BCUT2D eigenvalue weighted by Crippen LogP contribution is 2.52. The molecule has 1 N–H and O–H groups in total. The van der Waals surface area contributed by atoms with E-state index in [4.69, 9.17) is 18.9 Å². The molecule has 0 saturated carbocycles. The van der Waals surface area contributed by atoms with Crippen molar-refractivity contribution in [2.24, 2.45) is 0 Å². The number of hydrogen-bond donors (Lipinski definition) is 1. The summed E-state index contributed by atoms with van der Waals surface area (Å²) >= 11 is 0. The zero-order chi connectivity index (χ0) is 24.8. The van der Waals surface area contributed by atoms with E-state index in [-0.39, 0.29) is 5.82 Å². The lowest BCUT2D eigenvalue weighted by Crippen LogP contribution is -2.32. The Morgan fingerprint density at radius 2 is 1.64 bits per heavy atom. The minimum Gasteiger partial charge on any atom is -0.493 e. The number of aromatic nitrogens is 3. The molecule has 2 aliphatic heterocycles. The zero-order valence-corrected chi connectivity index (χ0v) is 19.9. The lowest BCUT2D eigenvalue weighted by molar-refractivity contribution is 0.221. The number of nitrogens with zero attached hydrogens (tertiary/aromatic N) is 3. The van der Waals surface area contributed by atoms with Crippen molar-refractivity contribution in [3.05, 3.63) is 95.1 Å². The van der Waals surface area contributed by atoms with Crippen molar-refractivity contribution < 1.29 is 23.3 Å². The number of methoxy groups -OCH3 is 3. The van der Waals surface area contributed by atoms with Crippen LogP contribution in [0.25, 0.3) is 5.70 Å². The number of ether oxygens (including phenoxy) is 4. The standard InChI is InChI=1S/C27H23FN4O4/c1-33-20-12-16(13-21(34-2)26(20)35-3)25-22-23(18-6-4-5-7-19(18)36-25)31-27-29-14-30-32(27)24(22)15-8-10-17(28)11-9-15/h4-14,24-25H,1-3H3,(H,29,30,31)/t24-,25-/m0/s1. The van der Waals surface area contributed by atoms with Crippen LogP contribution in [0.3, 0.4) is 0 Å². The first kappa shape index (κ1) is 22.0. The second kappa shape index (κ2) is 8.60. The number of anilines is 1. The highest BCUT2D eigenvalue weighted by molar-refractivity contribution is 5.85. The molecule has 4 aromatic rings. The Kier molecular flexibility index (Phi) is 5.25. The fourth-order valence-corrected chi connectivity index (χ4v) is 4.91. The van der Waals surface area contributed by atoms with Crippen molar-refractivity contribution in [3.63, 3.8) is 0 Å². The lowest BCUT2D eigenvalue weighted by atomic mass is 9.84. The van der Waals surface area contributed by atoms with Gasteiger partial charge in [-0.3, -0.25) is 0 Å². The lowest BCUT2D eigenvalue weighted by Gasteiger charge is -2.39. The molecular formula is C27H23FN4O4. The van der Waals surface area contributed by atoms with Crippen molar-refractivity contribution in [3.8, 4) is 23.0 Å². The fraction of sp³-hybridized carbons (Fsp3) is 0.185. The topological polar surface area (TPSA) is 79.7 Å². The molecule has 2 aliphatic rings. The van der Waals surface area contributed by atoms with E-state index < -0.39 is 12.1 Å². The van der Waals surface area contributed by atoms with Crippen molar-refractivity contribution in [2.45, 2.75) is 12.1 Å². The molecule has 0 aliphatic carbocycles. The van der Waals surface area contributed by atoms with Crippen LogP contribution >= 0.6 is 0 Å². The average Bonchev–Trinajstić information content (AvgIpc) is 3.39. The van der Waals surface area contributed by atoms with Crippen molar-refractivity contribution in [1.82, 2.24) is 14.8 Å². The Bertz CT molecular complexity index is 1460. The first-order valence-electron chi connectivity index (χ1n) is 11.3. The van der Waals surface area contributed by atoms with Crippen LogP contribution in [-0.4, -0.2) is 36.1 Å². The Morgan fingerprint density at radius 1 is 0.917 bits per heavy atom. The number of nitrogens with one attached hydrogen (secondary N) is 1. The molecule has 182 valence electrons. The van der Waals surface area contributed by atoms with E-state index in [9.17, 15) is 4.39 Å². The summed E-state index contributed by atoms with van der Waals surface area (Å²) in [6.45, 7) is 0. The molecule has 3 heterocycles. The summed E-state index contributed by atoms with van der Waals surface area (Å²) in [5, 5.41) is 7.95. The van der Waals surface area contributed by atoms with Gasteiger partial charge in [0.1, 0.15) is 30.0 Å². The third-order valence-corrected chi connectivity index (χ3v) is 6.50. The van der Waals surface area contributed by atoms with E-state index in [2.05, 4.69) is 15.4 Å². The van der Waals surface area contributed by atoms with Gasteiger partial charge in [-0.1, -0.05) is 24.3 Å². The molecule has 0 fully saturated rings. The van der Waals surface area contributed by atoms with Crippen LogP contribution < -0.4 is 24.3 Å². The molecule has 9 heteroatoms. The largest absolute Gasteiger partial charge is 0.493 e. The molecule has 1 aromatic heterocycles. The Morgan fingerprint density at radius 3 is 2.33 bits per heavy atom. The Labute approximate surface area is 206 Å². The highest BCUT2D eigenvalue weighted by Gasteiger charge is 2.41. The van der Waals surface area contributed by atoms with Crippen molar-refractivity contribution >= 4 is 11.6 Å². The zero-order valence-electron chi connectivity index (χ0n) is 19.9. The van der Waals surface area contributed by atoms with Gasteiger partial charge < -0.3 is 24.3 Å². The van der Waals surface area contributed by atoms with Gasteiger partial charge in [0.2, 0.25) is 11.7 Å². The molecule has 2 atom stereocenters. The van der Waals surface area contributed by atoms with Gasteiger partial charge in [-0.15, -0.1) is 0 Å². The molecule has 0 unspecified atom stereocenters. The number of hydrogen-bond acceptors (Lipinski definition) is 7. The van der Waals surface area contributed by atoms with E-state index >= 15 is 0 Å².